The van der Waals surface area contributed by atoms with Gasteiger partial charge in [0, 0.05) is 5.56 Å². The van der Waals surface area contributed by atoms with E-state index in [1.807, 2.05) is 43.3 Å². The number of rotatable bonds is 6. The predicted octanol–water partition coefficient (Wildman–Crippen LogP) is 8.72. The lowest BCUT2D eigenvalue weighted by Crippen LogP contribution is -2.20. The van der Waals surface area contributed by atoms with Crippen LogP contribution in [-0.4, -0.2) is 0 Å². The molecule has 2 aliphatic rings. The molecule has 1 atom stereocenters. The summed E-state index contributed by atoms with van der Waals surface area (Å²) in [6.45, 7) is 2.01. The average molecular weight is 502 g/mol. The summed E-state index contributed by atoms with van der Waals surface area (Å²) in [5.74, 6) is -0.281. The van der Waals surface area contributed by atoms with Gasteiger partial charge in [-0.15, -0.1) is 0 Å². The van der Waals surface area contributed by atoms with E-state index in [1.54, 1.807) is 12.1 Å². The molecular weight excluding hydrogens is 467 g/mol. The highest BCUT2D eigenvalue weighted by atomic mass is 19.1. The van der Waals surface area contributed by atoms with Crippen LogP contribution in [0, 0.1) is 34.7 Å². The van der Waals surface area contributed by atoms with Crippen molar-refractivity contribution in [3.63, 3.8) is 0 Å². The third kappa shape index (κ3) is 5.47. The second-order valence-electron chi connectivity index (χ2n) is 10.9. The SMILES string of the molecule is CCc1ccc(CCC2CCc3c(cc(F)c(C4CCC(c5ccc(C#N)cc5)CC4)c3F)C2)c(F)c1. The summed E-state index contributed by atoms with van der Waals surface area (Å²) >= 11 is 0. The molecule has 0 spiro atoms. The fraction of sp³-hybridized carbons (Fsp3) is 0.424. The van der Waals surface area contributed by atoms with E-state index in [-0.39, 0.29) is 23.1 Å². The number of benzene rings is 3. The molecule has 192 valence electrons. The van der Waals surface area contributed by atoms with E-state index in [0.717, 1.165) is 61.6 Å². The maximum Gasteiger partial charge on any atom is 0.133 e. The summed E-state index contributed by atoms with van der Waals surface area (Å²) in [5, 5.41) is 9.02. The van der Waals surface area contributed by atoms with Gasteiger partial charge in [0.05, 0.1) is 11.6 Å². The van der Waals surface area contributed by atoms with Crippen molar-refractivity contribution in [1.29, 1.82) is 5.26 Å². The molecule has 0 radical (unpaired) electrons. The Hall–Kier alpha value is -3.06. The second-order valence-corrected chi connectivity index (χ2v) is 10.9. The van der Waals surface area contributed by atoms with E-state index in [1.165, 1.54) is 5.56 Å². The number of fused-ring (bicyclic) bond motifs is 1. The summed E-state index contributed by atoms with van der Waals surface area (Å²) in [6, 6.07) is 16.9. The van der Waals surface area contributed by atoms with Crippen LogP contribution in [-0.2, 0) is 25.7 Å². The lowest BCUT2D eigenvalue weighted by Gasteiger charge is -2.31. The fourth-order valence-electron chi connectivity index (χ4n) is 6.48. The first kappa shape index (κ1) is 25.6. The first-order chi connectivity index (χ1) is 18.0. The van der Waals surface area contributed by atoms with Gasteiger partial charge in [0.1, 0.15) is 17.5 Å². The van der Waals surface area contributed by atoms with E-state index < -0.39 is 5.82 Å². The highest BCUT2D eigenvalue weighted by molar-refractivity contribution is 5.40. The number of nitrogens with zero attached hydrogens (tertiary/aromatic N) is 1. The topological polar surface area (TPSA) is 23.8 Å². The maximum atomic E-state index is 15.7. The van der Waals surface area contributed by atoms with Crippen molar-refractivity contribution in [3.8, 4) is 6.07 Å². The lowest BCUT2D eigenvalue weighted by atomic mass is 9.74. The van der Waals surface area contributed by atoms with E-state index in [4.69, 9.17) is 5.26 Å². The van der Waals surface area contributed by atoms with Crippen LogP contribution < -0.4 is 0 Å². The molecule has 0 amide bonds. The summed E-state index contributed by atoms with van der Waals surface area (Å²) in [6.07, 6.45) is 7.75. The van der Waals surface area contributed by atoms with Crippen molar-refractivity contribution in [2.24, 2.45) is 5.92 Å². The fourth-order valence-corrected chi connectivity index (χ4v) is 6.48. The molecule has 37 heavy (non-hydrogen) atoms. The maximum absolute atomic E-state index is 15.7. The zero-order valence-electron chi connectivity index (χ0n) is 21.5. The first-order valence-electron chi connectivity index (χ1n) is 13.7. The Morgan fingerprint density at radius 1 is 0.865 bits per heavy atom. The van der Waals surface area contributed by atoms with Crippen molar-refractivity contribution in [3.05, 3.63) is 105 Å². The highest BCUT2D eigenvalue weighted by Crippen LogP contribution is 2.44. The molecule has 0 bridgehead atoms. The lowest BCUT2D eigenvalue weighted by molar-refractivity contribution is 0.369. The van der Waals surface area contributed by atoms with Gasteiger partial charge in [0.2, 0.25) is 0 Å². The largest absolute Gasteiger partial charge is 0.207 e. The van der Waals surface area contributed by atoms with E-state index >= 15 is 8.78 Å². The third-order valence-corrected chi connectivity index (χ3v) is 8.75. The molecule has 1 unspecified atom stereocenters. The molecule has 0 heterocycles. The zero-order valence-corrected chi connectivity index (χ0v) is 21.5. The Balaban J connectivity index is 1.23. The molecule has 3 aromatic carbocycles. The Morgan fingerprint density at radius 2 is 1.59 bits per heavy atom. The zero-order chi connectivity index (χ0) is 25.9. The van der Waals surface area contributed by atoms with Crippen LogP contribution in [0.3, 0.4) is 0 Å². The van der Waals surface area contributed by atoms with Crippen molar-refractivity contribution in [2.75, 3.05) is 0 Å². The number of aryl methyl sites for hydroxylation is 2. The molecule has 1 fully saturated rings. The molecule has 1 saturated carbocycles. The number of hydrogen-bond donors (Lipinski definition) is 0. The van der Waals surface area contributed by atoms with Gasteiger partial charge in [0.15, 0.2) is 0 Å². The highest BCUT2D eigenvalue weighted by Gasteiger charge is 2.31. The number of nitriles is 1. The van der Waals surface area contributed by atoms with Crippen molar-refractivity contribution in [1.82, 2.24) is 0 Å². The number of hydrogen-bond acceptors (Lipinski definition) is 1. The van der Waals surface area contributed by atoms with Crippen LogP contribution in [0.4, 0.5) is 13.2 Å². The smallest absolute Gasteiger partial charge is 0.133 e. The van der Waals surface area contributed by atoms with Crippen molar-refractivity contribution < 1.29 is 13.2 Å². The molecule has 3 aromatic rings. The minimum Gasteiger partial charge on any atom is -0.207 e. The molecule has 0 N–H and O–H groups in total. The van der Waals surface area contributed by atoms with Crippen LogP contribution >= 0.6 is 0 Å². The van der Waals surface area contributed by atoms with Gasteiger partial charge in [0.25, 0.3) is 0 Å². The average Bonchev–Trinajstić information content (AvgIpc) is 2.92. The van der Waals surface area contributed by atoms with Gasteiger partial charge in [-0.2, -0.15) is 5.26 Å². The molecular formula is C33H34F3N. The van der Waals surface area contributed by atoms with Crippen molar-refractivity contribution >= 4 is 0 Å². The Morgan fingerprint density at radius 3 is 2.27 bits per heavy atom. The Kier molecular flexibility index (Phi) is 7.70. The molecule has 4 heteroatoms. The van der Waals surface area contributed by atoms with Gasteiger partial charge >= 0.3 is 0 Å². The molecule has 2 aliphatic carbocycles. The molecule has 0 aliphatic heterocycles. The molecule has 0 saturated heterocycles. The quantitative estimate of drug-likeness (QED) is 0.331. The molecule has 5 rings (SSSR count). The first-order valence-corrected chi connectivity index (χ1v) is 13.7. The van der Waals surface area contributed by atoms with Crippen molar-refractivity contribution in [2.45, 2.75) is 83.0 Å². The van der Waals surface area contributed by atoms with Crippen LogP contribution in [0.1, 0.15) is 96.2 Å². The standard InChI is InChI=1S/C33H34F3N/c1-2-21-3-10-26(30(34)18-21)11-4-22-7-16-29-28(17-22)19-31(35)32(33(29)36)27-14-12-25(13-15-27)24-8-5-23(20-37)6-9-24/h3,5-6,8-10,18-19,22,25,27H,2,4,7,11-17H2,1H3. The van der Waals surface area contributed by atoms with E-state index in [0.29, 0.717) is 42.2 Å². The Labute approximate surface area is 218 Å². The summed E-state index contributed by atoms with van der Waals surface area (Å²) < 4.78 is 45.4. The van der Waals surface area contributed by atoms with Gasteiger partial charge < -0.3 is 0 Å². The Bertz CT molecular complexity index is 1300. The second kappa shape index (κ2) is 11.1. The summed E-state index contributed by atoms with van der Waals surface area (Å²) in [5.41, 5.74) is 5.35. The van der Waals surface area contributed by atoms with Gasteiger partial charge in [-0.1, -0.05) is 31.2 Å². The van der Waals surface area contributed by atoms with E-state index in [2.05, 4.69) is 6.07 Å². The van der Waals surface area contributed by atoms with Gasteiger partial charge in [-0.25, -0.2) is 13.2 Å². The minimum atomic E-state index is -0.403. The van der Waals surface area contributed by atoms with Gasteiger partial charge in [-0.3, -0.25) is 0 Å². The normalized spacial score (nSPS) is 21.3. The molecule has 0 aromatic heterocycles. The van der Waals surface area contributed by atoms with Crippen LogP contribution in [0.15, 0.2) is 48.5 Å². The minimum absolute atomic E-state index is 0.0910. The number of halogens is 3. The van der Waals surface area contributed by atoms with Crippen LogP contribution in [0.5, 0.6) is 0 Å². The third-order valence-electron chi connectivity index (χ3n) is 8.75. The summed E-state index contributed by atoms with van der Waals surface area (Å²) in [4.78, 5) is 0. The monoisotopic (exact) mass is 501 g/mol. The predicted molar refractivity (Wildman–Crippen MR) is 141 cm³/mol. The van der Waals surface area contributed by atoms with Gasteiger partial charge in [-0.05, 0) is 134 Å². The van der Waals surface area contributed by atoms with E-state index in [9.17, 15) is 4.39 Å². The summed E-state index contributed by atoms with van der Waals surface area (Å²) in [7, 11) is 0. The van der Waals surface area contributed by atoms with Crippen LogP contribution in [0.25, 0.3) is 0 Å². The molecule has 1 nitrogen and oxygen atoms in total. The van der Waals surface area contributed by atoms with Crippen LogP contribution in [0.2, 0.25) is 0 Å².